The minimum absolute atomic E-state index is 0.0888. The van der Waals surface area contributed by atoms with Gasteiger partial charge in [-0.3, -0.25) is 5.32 Å². The zero-order valence-electron chi connectivity index (χ0n) is 13.6. The lowest BCUT2D eigenvalue weighted by Crippen LogP contribution is -2.20. The van der Waals surface area contributed by atoms with Gasteiger partial charge in [0.15, 0.2) is 0 Å². The molecule has 0 radical (unpaired) electrons. The maximum absolute atomic E-state index is 12.0. The second-order valence-corrected chi connectivity index (χ2v) is 7.02. The van der Waals surface area contributed by atoms with Crippen molar-refractivity contribution in [3.8, 4) is 0 Å². The molecule has 124 valence electrons. The van der Waals surface area contributed by atoms with E-state index in [-0.39, 0.29) is 11.4 Å². The van der Waals surface area contributed by atoms with E-state index in [1.807, 2.05) is 20.8 Å². The van der Waals surface area contributed by atoms with Crippen LogP contribution in [0, 0.1) is 6.92 Å². The molecule has 0 saturated carbocycles. The van der Waals surface area contributed by atoms with Crippen LogP contribution in [0.2, 0.25) is 0 Å². The van der Waals surface area contributed by atoms with Crippen LogP contribution in [0.1, 0.15) is 41.0 Å². The van der Waals surface area contributed by atoms with Gasteiger partial charge in [0.25, 0.3) is 0 Å². The molecule has 7 nitrogen and oxygen atoms in total. The number of aromatic nitrogens is 1. The molecular formula is C15H19N3O4S. The van der Waals surface area contributed by atoms with Crippen molar-refractivity contribution in [2.45, 2.75) is 33.1 Å². The third-order valence-corrected chi connectivity index (χ3v) is 4.47. The molecule has 0 bridgehead atoms. The van der Waals surface area contributed by atoms with Crippen LogP contribution in [-0.4, -0.2) is 24.1 Å². The highest BCUT2D eigenvalue weighted by molar-refractivity contribution is 7.14. The molecule has 0 saturated heterocycles. The van der Waals surface area contributed by atoms with Gasteiger partial charge in [-0.15, -0.1) is 11.3 Å². The zero-order valence-corrected chi connectivity index (χ0v) is 14.5. The molecule has 0 aromatic carbocycles. The summed E-state index contributed by atoms with van der Waals surface area (Å²) in [6.45, 7) is 7.83. The number of esters is 1. The smallest absolute Gasteiger partial charge is 0.350 e. The zero-order chi connectivity index (χ0) is 17.2. The molecule has 0 atom stereocenters. The number of hydrogen-bond donors (Lipinski definition) is 2. The topological polar surface area (TPSA) is 93.5 Å². The van der Waals surface area contributed by atoms with Gasteiger partial charge in [-0.1, -0.05) is 20.8 Å². The van der Waals surface area contributed by atoms with Crippen molar-refractivity contribution in [2.75, 3.05) is 17.7 Å². The number of amides is 2. The Morgan fingerprint density at radius 2 is 2.00 bits per heavy atom. The molecule has 2 amide bonds. The first kappa shape index (κ1) is 17.0. The number of methoxy groups -OCH3 is 1. The van der Waals surface area contributed by atoms with Gasteiger partial charge in [-0.05, 0) is 18.4 Å². The molecule has 23 heavy (non-hydrogen) atoms. The number of ether oxygens (including phenoxy) is 1. The number of nitrogens with one attached hydrogen (secondary N) is 2. The van der Waals surface area contributed by atoms with Crippen LogP contribution in [0.25, 0.3) is 0 Å². The summed E-state index contributed by atoms with van der Waals surface area (Å²) in [4.78, 5) is 29.2. The Hall–Kier alpha value is -2.35. The van der Waals surface area contributed by atoms with Crippen LogP contribution in [0.3, 0.4) is 0 Å². The molecule has 0 fully saturated rings. The van der Waals surface area contributed by atoms with E-state index in [0.29, 0.717) is 16.3 Å². The molecule has 2 aromatic rings. The SMILES string of the molecule is COC(=O)c1sc(C(C)(C)C)cc1NC(=O)Nc1nc(C)co1. The summed E-state index contributed by atoms with van der Waals surface area (Å²) in [6.07, 6.45) is 1.43. The fourth-order valence-corrected chi connectivity index (χ4v) is 2.85. The van der Waals surface area contributed by atoms with Gasteiger partial charge >= 0.3 is 18.0 Å². The Morgan fingerprint density at radius 1 is 1.30 bits per heavy atom. The molecule has 2 heterocycles. The van der Waals surface area contributed by atoms with Crippen molar-refractivity contribution in [1.82, 2.24) is 4.98 Å². The highest BCUT2D eigenvalue weighted by Gasteiger charge is 2.24. The molecule has 0 aliphatic heterocycles. The maximum Gasteiger partial charge on any atom is 0.350 e. The largest absolute Gasteiger partial charge is 0.465 e. The minimum Gasteiger partial charge on any atom is -0.465 e. The Morgan fingerprint density at radius 3 is 2.52 bits per heavy atom. The highest BCUT2D eigenvalue weighted by atomic mass is 32.1. The number of hydrogen-bond acceptors (Lipinski definition) is 6. The first-order chi connectivity index (χ1) is 10.7. The van der Waals surface area contributed by atoms with E-state index >= 15 is 0 Å². The average molecular weight is 337 g/mol. The quantitative estimate of drug-likeness (QED) is 0.832. The van der Waals surface area contributed by atoms with Gasteiger partial charge in [-0.25, -0.2) is 9.59 Å². The van der Waals surface area contributed by atoms with Crippen molar-refractivity contribution >= 4 is 35.0 Å². The number of nitrogens with zero attached hydrogens (tertiary/aromatic N) is 1. The van der Waals surface area contributed by atoms with Crippen molar-refractivity contribution < 1.29 is 18.7 Å². The highest BCUT2D eigenvalue weighted by Crippen LogP contribution is 2.35. The van der Waals surface area contributed by atoms with Gasteiger partial charge in [0, 0.05) is 4.88 Å². The number of anilines is 2. The van der Waals surface area contributed by atoms with Crippen LogP contribution in [0.5, 0.6) is 0 Å². The Bertz CT molecular complexity index is 727. The number of carbonyl (C=O) groups excluding carboxylic acids is 2. The normalized spacial score (nSPS) is 11.2. The van der Waals surface area contributed by atoms with Crippen molar-refractivity contribution in [1.29, 1.82) is 0 Å². The second-order valence-electron chi connectivity index (χ2n) is 5.97. The third kappa shape index (κ3) is 4.10. The number of rotatable bonds is 3. The first-order valence-electron chi connectivity index (χ1n) is 6.93. The molecule has 0 aliphatic carbocycles. The Labute approximate surface area is 138 Å². The van der Waals surface area contributed by atoms with Crippen LogP contribution in [0.4, 0.5) is 16.5 Å². The summed E-state index contributed by atoms with van der Waals surface area (Å²) in [5, 5.41) is 5.10. The lowest BCUT2D eigenvalue weighted by molar-refractivity contribution is 0.0607. The van der Waals surface area contributed by atoms with E-state index in [1.165, 1.54) is 24.7 Å². The minimum atomic E-state index is -0.546. The van der Waals surface area contributed by atoms with E-state index in [4.69, 9.17) is 9.15 Å². The summed E-state index contributed by atoms with van der Waals surface area (Å²) in [5.74, 6) is -0.493. The molecule has 0 unspecified atom stereocenters. The van der Waals surface area contributed by atoms with Crippen molar-refractivity contribution in [2.24, 2.45) is 0 Å². The molecule has 2 N–H and O–H groups in total. The number of thiophene rings is 1. The Balaban J connectivity index is 2.21. The summed E-state index contributed by atoms with van der Waals surface area (Å²) in [7, 11) is 1.30. The van der Waals surface area contributed by atoms with Crippen molar-refractivity contribution in [3.05, 3.63) is 27.8 Å². The van der Waals surface area contributed by atoms with Crippen LogP contribution in [0.15, 0.2) is 16.7 Å². The van der Waals surface area contributed by atoms with E-state index in [1.54, 1.807) is 13.0 Å². The maximum atomic E-state index is 12.0. The van der Waals surface area contributed by atoms with Crippen LogP contribution >= 0.6 is 11.3 Å². The van der Waals surface area contributed by atoms with E-state index in [9.17, 15) is 9.59 Å². The molecule has 2 aromatic heterocycles. The van der Waals surface area contributed by atoms with E-state index in [0.717, 1.165) is 4.88 Å². The van der Waals surface area contributed by atoms with Crippen LogP contribution in [-0.2, 0) is 10.2 Å². The van der Waals surface area contributed by atoms with Crippen LogP contribution < -0.4 is 10.6 Å². The standard InChI is InChI=1S/C15H19N3O4S/c1-8-7-22-14(16-8)18-13(20)17-9-6-10(15(2,3)4)23-11(9)12(19)21-5/h6-7H,1-5H3,(H2,16,17,18,20). The molecule has 0 aliphatic rings. The third-order valence-electron chi connectivity index (χ3n) is 2.93. The lowest BCUT2D eigenvalue weighted by Gasteiger charge is -2.15. The summed E-state index contributed by atoms with van der Waals surface area (Å²) in [6, 6.07) is 1.32. The molecule has 2 rings (SSSR count). The summed E-state index contributed by atoms with van der Waals surface area (Å²) in [5.41, 5.74) is 0.900. The second kappa shape index (κ2) is 6.41. The number of aryl methyl sites for hydroxylation is 1. The van der Waals surface area contributed by atoms with Gasteiger partial charge in [-0.2, -0.15) is 4.98 Å². The summed E-state index contributed by atoms with van der Waals surface area (Å²) < 4.78 is 9.83. The first-order valence-corrected chi connectivity index (χ1v) is 7.75. The monoisotopic (exact) mass is 337 g/mol. The summed E-state index contributed by atoms with van der Waals surface area (Å²) >= 11 is 1.30. The van der Waals surface area contributed by atoms with Crippen molar-refractivity contribution in [3.63, 3.8) is 0 Å². The van der Waals surface area contributed by atoms with Gasteiger partial charge in [0.05, 0.1) is 18.5 Å². The van der Waals surface area contributed by atoms with E-state index in [2.05, 4.69) is 15.6 Å². The molecule has 0 spiro atoms. The average Bonchev–Trinajstić information content (AvgIpc) is 3.04. The van der Waals surface area contributed by atoms with Gasteiger partial charge in [0.1, 0.15) is 11.1 Å². The number of carbonyl (C=O) groups is 2. The predicted molar refractivity (Wildman–Crippen MR) is 88.2 cm³/mol. The number of urea groups is 1. The van der Waals surface area contributed by atoms with Gasteiger partial charge < -0.3 is 14.5 Å². The molecular weight excluding hydrogens is 318 g/mol. The fourth-order valence-electron chi connectivity index (χ4n) is 1.76. The van der Waals surface area contributed by atoms with E-state index < -0.39 is 12.0 Å². The Kier molecular flexibility index (Phi) is 4.74. The lowest BCUT2D eigenvalue weighted by atomic mass is 9.94. The number of oxazole rings is 1. The molecule has 8 heteroatoms. The van der Waals surface area contributed by atoms with Gasteiger partial charge in [0.2, 0.25) is 0 Å². The predicted octanol–water partition coefficient (Wildman–Crippen LogP) is 3.77. The fraction of sp³-hybridized carbons (Fsp3) is 0.400.